The van der Waals surface area contributed by atoms with E-state index in [0.29, 0.717) is 0 Å². The van der Waals surface area contributed by atoms with E-state index in [1.165, 1.54) is 0 Å². The molecule has 0 bridgehead atoms. The summed E-state index contributed by atoms with van der Waals surface area (Å²) in [4.78, 5) is 8.56. The molecule has 9 heavy (non-hydrogen) atoms. The molecule has 0 unspecified atom stereocenters. The van der Waals surface area contributed by atoms with E-state index >= 15 is 0 Å². The fourth-order valence-electron chi connectivity index (χ4n) is 0. The zero-order chi connectivity index (χ0) is 7.86. The summed E-state index contributed by atoms with van der Waals surface area (Å²) in [6, 6.07) is 0. The molecule has 0 rings (SSSR count). The Morgan fingerprint density at radius 1 is 1.56 bits per heavy atom. The molecule has 0 aromatic heterocycles. The van der Waals surface area contributed by atoms with E-state index in [2.05, 4.69) is 13.2 Å². The molecular formula is C6H10O3. The minimum Gasteiger partial charge on any atom is -0.450 e. The SMILES string of the molecule is C=CC(=C)C.O=C(O)O. The van der Waals surface area contributed by atoms with Gasteiger partial charge in [0.15, 0.2) is 0 Å². The Kier molecular flexibility index (Phi) is 8.01. The Hall–Kier alpha value is -1.25. The van der Waals surface area contributed by atoms with Gasteiger partial charge in [0.25, 0.3) is 0 Å². The third-order valence-corrected chi connectivity index (χ3v) is 0.348. The molecule has 0 saturated heterocycles. The summed E-state index contributed by atoms with van der Waals surface area (Å²) in [6.45, 7) is 8.93. The summed E-state index contributed by atoms with van der Waals surface area (Å²) >= 11 is 0. The standard InChI is InChI=1S/C5H8.CH2O3/c1-4-5(2)3;2-1(3)4/h4H,1-2H2,3H3;(H2,2,3,4). The van der Waals surface area contributed by atoms with Gasteiger partial charge in [0.05, 0.1) is 0 Å². The van der Waals surface area contributed by atoms with Gasteiger partial charge < -0.3 is 10.2 Å². The first-order valence-corrected chi connectivity index (χ1v) is 2.20. The Balaban J connectivity index is 0. The van der Waals surface area contributed by atoms with E-state index in [1.807, 2.05) is 6.92 Å². The van der Waals surface area contributed by atoms with Crippen LogP contribution in [0.2, 0.25) is 0 Å². The van der Waals surface area contributed by atoms with E-state index < -0.39 is 6.16 Å². The highest BCUT2D eigenvalue weighted by atomic mass is 16.6. The van der Waals surface area contributed by atoms with E-state index in [1.54, 1.807) is 6.08 Å². The molecule has 2 N–H and O–H groups in total. The number of carbonyl (C=O) groups is 1. The van der Waals surface area contributed by atoms with E-state index in [9.17, 15) is 0 Å². The van der Waals surface area contributed by atoms with E-state index in [0.717, 1.165) is 5.57 Å². The van der Waals surface area contributed by atoms with Gasteiger partial charge in [0.1, 0.15) is 0 Å². The fourth-order valence-corrected chi connectivity index (χ4v) is 0. The number of carboxylic acid groups (broad SMARTS) is 2. The second-order valence-electron chi connectivity index (χ2n) is 1.33. The molecule has 0 radical (unpaired) electrons. The summed E-state index contributed by atoms with van der Waals surface area (Å²) in [7, 11) is 0. The second-order valence-corrected chi connectivity index (χ2v) is 1.33. The molecule has 0 spiro atoms. The summed E-state index contributed by atoms with van der Waals surface area (Å²) in [5, 5.41) is 13.9. The molecule has 0 heterocycles. The zero-order valence-corrected chi connectivity index (χ0v) is 5.29. The van der Waals surface area contributed by atoms with Crippen molar-refractivity contribution in [2.45, 2.75) is 6.92 Å². The van der Waals surface area contributed by atoms with Crippen LogP contribution in [0.15, 0.2) is 24.8 Å². The van der Waals surface area contributed by atoms with Crippen LogP contribution in [0.25, 0.3) is 0 Å². The normalized spacial score (nSPS) is 6.33. The van der Waals surface area contributed by atoms with Gasteiger partial charge in [-0.25, -0.2) is 4.79 Å². The molecule has 52 valence electrons. The molecule has 0 aliphatic carbocycles. The summed E-state index contributed by atoms with van der Waals surface area (Å²) < 4.78 is 0. The molecule has 0 aromatic carbocycles. The van der Waals surface area contributed by atoms with Crippen molar-refractivity contribution in [2.24, 2.45) is 0 Å². The maximum Gasteiger partial charge on any atom is 0.503 e. The highest BCUT2D eigenvalue weighted by molar-refractivity contribution is 5.53. The van der Waals surface area contributed by atoms with Crippen molar-refractivity contribution in [3.63, 3.8) is 0 Å². The third kappa shape index (κ3) is 271. The first-order valence-electron chi connectivity index (χ1n) is 2.20. The lowest BCUT2D eigenvalue weighted by molar-refractivity contribution is 0.137. The summed E-state index contributed by atoms with van der Waals surface area (Å²) in [6.07, 6.45) is -0.111. The van der Waals surface area contributed by atoms with E-state index in [4.69, 9.17) is 15.0 Å². The van der Waals surface area contributed by atoms with Gasteiger partial charge in [-0.1, -0.05) is 24.8 Å². The highest BCUT2D eigenvalue weighted by Gasteiger charge is 1.70. The average molecular weight is 130 g/mol. The molecule has 0 aromatic rings. The summed E-state index contributed by atoms with van der Waals surface area (Å²) in [5.41, 5.74) is 1.02. The van der Waals surface area contributed by atoms with Crippen LogP contribution in [0.4, 0.5) is 4.79 Å². The maximum atomic E-state index is 8.56. The molecular weight excluding hydrogens is 120 g/mol. The van der Waals surface area contributed by atoms with Crippen LogP contribution in [0.5, 0.6) is 0 Å². The summed E-state index contributed by atoms with van der Waals surface area (Å²) in [5.74, 6) is 0. The topological polar surface area (TPSA) is 57.5 Å². The predicted molar refractivity (Wildman–Crippen MR) is 35.7 cm³/mol. The molecule has 0 atom stereocenters. The van der Waals surface area contributed by atoms with Gasteiger partial charge in [0, 0.05) is 0 Å². The van der Waals surface area contributed by atoms with Crippen molar-refractivity contribution in [1.29, 1.82) is 0 Å². The van der Waals surface area contributed by atoms with Crippen molar-refractivity contribution in [1.82, 2.24) is 0 Å². The molecule has 0 amide bonds. The molecule has 3 heteroatoms. The maximum absolute atomic E-state index is 8.56. The van der Waals surface area contributed by atoms with Crippen LogP contribution in [0, 0.1) is 0 Å². The average Bonchev–Trinajstić information content (AvgIpc) is 1.65. The lowest BCUT2D eigenvalue weighted by Gasteiger charge is -1.71. The van der Waals surface area contributed by atoms with Crippen molar-refractivity contribution >= 4 is 6.16 Å². The Bertz CT molecular complexity index is 111. The highest BCUT2D eigenvalue weighted by Crippen LogP contribution is 1.81. The number of hydrogen-bond donors (Lipinski definition) is 2. The van der Waals surface area contributed by atoms with Gasteiger partial charge in [0.2, 0.25) is 0 Å². The van der Waals surface area contributed by atoms with Crippen LogP contribution >= 0.6 is 0 Å². The van der Waals surface area contributed by atoms with Gasteiger partial charge >= 0.3 is 6.16 Å². The first kappa shape index (κ1) is 10.7. The van der Waals surface area contributed by atoms with Crippen LogP contribution in [-0.4, -0.2) is 16.4 Å². The fraction of sp³-hybridized carbons (Fsp3) is 0.167. The van der Waals surface area contributed by atoms with Gasteiger partial charge in [-0.3, -0.25) is 0 Å². The largest absolute Gasteiger partial charge is 0.503 e. The number of hydrogen-bond acceptors (Lipinski definition) is 1. The van der Waals surface area contributed by atoms with Gasteiger partial charge in [-0.05, 0) is 6.92 Å². The van der Waals surface area contributed by atoms with Gasteiger partial charge in [-0.2, -0.15) is 0 Å². The molecule has 0 saturated carbocycles. The lowest BCUT2D eigenvalue weighted by atomic mass is 10.4. The second kappa shape index (κ2) is 6.75. The Morgan fingerprint density at radius 2 is 1.67 bits per heavy atom. The lowest BCUT2D eigenvalue weighted by Crippen LogP contribution is -1.81. The van der Waals surface area contributed by atoms with E-state index in [-0.39, 0.29) is 0 Å². The zero-order valence-electron chi connectivity index (χ0n) is 5.29. The predicted octanol–water partition coefficient (Wildman–Crippen LogP) is 1.97. The van der Waals surface area contributed by atoms with Crippen LogP contribution in [0.1, 0.15) is 6.92 Å². The van der Waals surface area contributed by atoms with Gasteiger partial charge in [-0.15, -0.1) is 0 Å². The third-order valence-electron chi connectivity index (χ3n) is 0.348. The smallest absolute Gasteiger partial charge is 0.450 e. The quantitative estimate of drug-likeness (QED) is 0.533. The van der Waals surface area contributed by atoms with Crippen LogP contribution in [0.3, 0.4) is 0 Å². The molecule has 0 fully saturated rings. The first-order chi connectivity index (χ1) is 4.00. The van der Waals surface area contributed by atoms with Crippen molar-refractivity contribution in [2.75, 3.05) is 0 Å². The number of allylic oxidation sites excluding steroid dienone is 2. The van der Waals surface area contributed by atoms with Crippen molar-refractivity contribution in [3.8, 4) is 0 Å². The van der Waals surface area contributed by atoms with Crippen LogP contribution < -0.4 is 0 Å². The monoisotopic (exact) mass is 130 g/mol. The Morgan fingerprint density at radius 3 is 1.67 bits per heavy atom. The van der Waals surface area contributed by atoms with Crippen LogP contribution in [-0.2, 0) is 0 Å². The molecule has 0 aliphatic rings. The molecule has 3 nitrogen and oxygen atoms in total. The minimum atomic E-state index is -1.83. The van der Waals surface area contributed by atoms with Crippen molar-refractivity contribution < 1.29 is 15.0 Å². The van der Waals surface area contributed by atoms with Crippen molar-refractivity contribution in [3.05, 3.63) is 24.8 Å². The Labute approximate surface area is 53.9 Å². The number of rotatable bonds is 1. The molecule has 0 aliphatic heterocycles. The minimum absolute atomic E-state index is 1.02.